The Morgan fingerprint density at radius 1 is 1.38 bits per heavy atom. The van der Waals surface area contributed by atoms with Crippen LogP contribution < -0.4 is 4.90 Å². The van der Waals surface area contributed by atoms with Gasteiger partial charge >= 0.3 is 12.1 Å². The number of anilines is 1. The second-order valence-electron chi connectivity index (χ2n) is 6.02. The summed E-state index contributed by atoms with van der Waals surface area (Å²) in [6.07, 6.45) is 0.362. The summed E-state index contributed by atoms with van der Waals surface area (Å²) in [6.45, 7) is 5.27. The third-order valence-corrected chi connectivity index (χ3v) is 3.67. The van der Waals surface area contributed by atoms with Gasteiger partial charge in [0, 0.05) is 4.47 Å². The smallest absolute Gasteiger partial charge is 0.415 e. The summed E-state index contributed by atoms with van der Waals surface area (Å²) in [7, 11) is 0. The molecule has 0 spiro atoms. The third-order valence-electron chi connectivity index (χ3n) is 3.18. The lowest BCUT2D eigenvalue weighted by molar-refractivity contribution is -0.138. The number of halogens is 1. The quantitative estimate of drug-likeness (QED) is 0.835. The highest BCUT2D eigenvalue weighted by Gasteiger charge is 2.38. The highest BCUT2D eigenvalue weighted by atomic mass is 79.9. The number of hydrogen-bond acceptors (Lipinski definition) is 3. The highest BCUT2D eigenvalue weighted by molar-refractivity contribution is 9.10. The summed E-state index contributed by atoms with van der Waals surface area (Å²) < 4.78 is 6.26. The lowest BCUT2D eigenvalue weighted by atomic mass is 9.96. The number of amides is 1. The van der Waals surface area contributed by atoms with Crippen LogP contribution in [-0.4, -0.2) is 28.8 Å². The van der Waals surface area contributed by atoms with E-state index in [2.05, 4.69) is 15.9 Å². The average molecular weight is 356 g/mol. The van der Waals surface area contributed by atoms with Crippen LogP contribution in [0.1, 0.15) is 32.8 Å². The molecule has 2 rings (SSSR count). The maximum absolute atomic E-state index is 12.4. The molecule has 1 N–H and O–H groups in total. The Labute approximate surface area is 132 Å². The van der Waals surface area contributed by atoms with Crippen LogP contribution in [0.5, 0.6) is 0 Å². The highest BCUT2D eigenvalue weighted by Crippen LogP contribution is 2.34. The van der Waals surface area contributed by atoms with Gasteiger partial charge in [0.2, 0.25) is 0 Å². The minimum atomic E-state index is -1.02. The molecule has 6 heteroatoms. The van der Waals surface area contributed by atoms with Gasteiger partial charge in [0.1, 0.15) is 11.6 Å². The van der Waals surface area contributed by atoms with E-state index >= 15 is 0 Å². The van der Waals surface area contributed by atoms with E-state index in [0.29, 0.717) is 18.5 Å². The van der Waals surface area contributed by atoms with Crippen molar-refractivity contribution in [2.45, 2.75) is 45.3 Å². The predicted octanol–water partition coefficient (Wildman–Crippen LogP) is 3.59. The second kappa shape index (κ2) is 5.67. The summed E-state index contributed by atoms with van der Waals surface area (Å²) in [5.74, 6) is -1.02. The Morgan fingerprint density at radius 2 is 2.05 bits per heavy atom. The number of hydrogen-bond donors (Lipinski definition) is 1. The van der Waals surface area contributed by atoms with Crippen LogP contribution in [0.2, 0.25) is 0 Å². The lowest BCUT2D eigenvalue weighted by Crippen LogP contribution is -2.50. The maximum Gasteiger partial charge on any atom is 0.415 e. The Balaban J connectivity index is 2.42. The third kappa shape index (κ3) is 3.56. The van der Waals surface area contributed by atoms with Gasteiger partial charge in [0.05, 0.1) is 5.69 Å². The average Bonchev–Trinajstić information content (AvgIpc) is 2.34. The Bertz CT molecular complexity index is 580. The Hall–Kier alpha value is -1.56. The van der Waals surface area contributed by atoms with E-state index < -0.39 is 23.7 Å². The topological polar surface area (TPSA) is 66.8 Å². The van der Waals surface area contributed by atoms with Crippen LogP contribution >= 0.6 is 15.9 Å². The molecule has 114 valence electrons. The number of carboxylic acids is 1. The number of nitrogens with zero attached hydrogens (tertiary/aromatic N) is 1. The van der Waals surface area contributed by atoms with Gasteiger partial charge in [-0.3, -0.25) is 4.90 Å². The minimum Gasteiger partial charge on any atom is -0.480 e. The molecule has 0 saturated carbocycles. The van der Waals surface area contributed by atoms with E-state index in [9.17, 15) is 14.7 Å². The fraction of sp³-hybridized carbons (Fsp3) is 0.467. The molecule has 1 heterocycles. The molecule has 0 fully saturated rings. The van der Waals surface area contributed by atoms with Gasteiger partial charge in [-0.1, -0.05) is 15.9 Å². The first-order valence-electron chi connectivity index (χ1n) is 6.72. The van der Waals surface area contributed by atoms with Crippen LogP contribution in [0.25, 0.3) is 0 Å². The van der Waals surface area contributed by atoms with Crippen molar-refractivity contribution in [1.82, 2.24) is 0 Å². The Morgan fingerprint density at radius 3 is 2.62 bits per heavy atom. The molecule has 1 aliphatic rings. The molecule has 1 atom stereocenters. The van der Waals surface area contributed by atoms with E-state index in [-0.39, 0.29) is 0 Å². The van der Waals surface area contributed by atoms with E-state index in [1.54, 1.807) is 32.9 Å². The van der Waals surface area contributed by atoms with Gasteiger partial charge in [0.25, 0.3) is 0 Å². The van der Waals surface area contributed by atoms with Crippen LogP contribution in [-0.2, 0) is 16.0 Å². The molecule has 1 aliphatic heterocycles. The molecular weight excluding hydrogens is 338 g/mol. The second-order valence-corrected chi connectivity index (χ2v) is 6.93. The standard InChI is InChI=1S/C15H18BrNO4/c1-15(2,3)21-14(20)17-11-7-5-10(16)8-9(11)4-6-12(17)13(18)19/h5,7-8,12H,4,6H2,1-3H3,(H,18,19). The normalized spacial score (nSPS) is 18.1. The summed E-state index contributed by atoms with van der Waals surface area (Å²) in [6, 6.07) is 4.55. The van der Waals surface area contributed by atoms with E-state index in [1.807, 2.05) is 6.07 Å². The van der Waals surface area contributed by atoms with Crippen molar-refractivity contribution in [2.75, 3.05) is 4.90 Å². The van der Waals surface area contributed by atoms with Gasteiger partial charge < -0.3 is 9.84 Å². The largest absolute Gasteiger partial charge is 0.480 e. The monoisotopic (exact) mass is 355 g/mol. The van der Waals surface area contributed by atoms with Crippen LogP contribution in [0.15, 0.2) is 22.7 Å². The minimum absolute atomic E-state index is 0.373. The van der Waals surface area contributed by atoms with Crippen molar-refractivity contribution < 1.29 is 19.4 Å². The summed E-state index contributed by atoms with van der Waals surface area (Å²) in [4.78, 5) is 25.1. The predicted molar refractivity (Wildman–Crippen MR) is 82.6 cm³/mol. The summed E-state index contributed by atoms with van der Waals surface area (Å²) >= 11 is 3.39. The number of aryl methyl sites for hydroxylation is 1. The fourth-order valence-corrected chi connectivity index (χ4v) is 2.76. The van der Waals surface area contributed by atoms with Crippen molar-refractivity contribution in [3.05, 3.63) is 28.2 Å². The van der Waals surface area contributed by atoms with Crippen molar-refractivity contribution in [2.24, 2.45) is 0 Å². The number of carbonyl (C=O) groups excluding carboxylic acids is 1. The molecule has 21 heavy (non-hydrogen) atoms. The molecule has 0 bridgehead atoms. The molecule has 0 aromatic heterocycles. The van der Waals surface area contributed by atoms with Crippen molar-refractivity contribution in [3.8, 4) is 0 Å². The van der Waals surface area contributed by atoms with E-state index in [4.69, 9.17) is 4.74 Å². The zero-order valence-corrected chi connectivity index (χ0v) is 13.8. The lowest BCUT2D eigenvalue weighted by Gasteiger charge is -2.35. The number of aliphatic carboxylic acids is 1. The maximum atomic E-state index is 12.4. The molecule has 0 aliphatic carbocycles. The molecule has 5 nitrogen and oxygen atoms in total. The van der Waals surface area contributed by atoms with Gasteiger partial charge in [-0.2, -0.15) is 0 Å². The van der Waals surface area contributed by atoms with Gasteiger partial charge in [-0.15, -0.1) is 0 Å². The molecule has 0 radical (unpaired) electrons. The van der Waals surface area contributed by atoms with E-state index in [1.165, 1.54) is 4.90 Å². The molecule has 0 saturated heterocycles. The number of benzene rings is 1. The van der Waals surface area contributed by atoms with Crippen LogP contribution in [0, 0.1) is 0 Å². The molecule has 1 aromatic rings. The zero-order valence-electron chi connectivity index (χ0n) is 12.2. The molecule has 1 amide bonds. The first-order valence-corrected chi connectivity index (χ1v) is 7.52. The van der Waals surface area contributed by atoms with E-state index in [0.717, 1.165) is 10.0 Å². The number of ether oxygens (including phenoxy) is 1. The summed E-state index contributed by atoms with van der Waals surface area (Å²) in [5.41, 5.74) is 0.867. The van der Waals surface area contributed by atoms with Crippen molar-refractivity contribution in [1.29, 1.82) is 0 Å². The van der Waals surface area contributed by atoms with Gasteiger partial charge in [0.15, 0.2) is 0 Å². The Kier molecular flexibility index (Phi) is 4.27. The number of fused-ring (bicyclic) bond motifs is 1. The summed E-state index contributed by atoms with van der Waals surface area (Å²) in [5, 5.41) is 9.38. The first-order chi connectivity index (χ1) is 9.69. The number of rotatable bonds is 1. The van der Waals surface area contributed by atoms with Crippen molar-refractivity contribution >= 4 is 33.7 Å². The van der Waals surface area contributed by atoms with Gasteiger partial charge in [-0.05, 0) is 57.4 Å². The molecular formula is C15H18BrNO4. The number of carboxylic acid groups (broad SMARTS) is 1. The van der Waals surface area contributed by atoms with Crippen LogP contribution in [0.4, 0.5) is 10.5 Å². The molecule has 1 aromatic carbocycles. The number of carbonyl (C=O) groups is 2. The van der Waals surface area contributed by atoms with Crippen LogP contribution in [0.3, 0.4) is 0 Å². The van der Waals surface area contributed by atoms with Gasteiger partial charge in [-0.25, -0.2) is 9.59 Å². The SMILES string of the molecule is CC(C)(C)OC(=O)N1c2ccc(Br)cc2CCC1C(=O)O. The molecule has 1 unspecified atom stereocenters. The fourth-order valence-electron chi connectivity index (χ4n) is 2.35. The van der Waals surface area contributed by atoms with Crippen molar-refractivity contribution in [3.63, 3.8) is 0 Å². The first kappa shape index (κ1) is 15.8. The zero-order chi connectivity index (χ0) is 15.8.